The second-order valence-corrected chi connectivity index (χ2v) is 6.08. The molecular formula is C18H36O5. The lowest BCUT2D eigenvalue weighted by Gasteiger charge is -2.08. The third-order valence-corrected chi connectivity index (χ3v) is 3.13. The Bertz CT molecular complexity index is 256. The van der Waals surface area contributed by atoms with Crippen molar-refractivity contribution in [2.45, 2.75) is 59.3 Å². The average Bonchev–Trinajstić information content (AvgIpc) is 2.52. The zero-order valence-corrected chi connectivity index (χ0v) is 15.3. The van der Waals surface area contributed by atoms with Gasteiger partial charge in [0.1, 0.15) is 0 Å². The summed E-state index contributed by atoms with van der Waals surface area (Å²) in [7, 11) is 0. The van der Waals surface area contributed by atoms with Gasteiger partial charge in [-0.3, -0.25) is 4.79 Å². The van der Waals surface area contributed by atoms with E-state index in [2.05, 4.69) is 20.8 Å². The lowest BCUT2D eigenvalue weighted by molar-refractivity contribution is -0.144. The predicted octanol–water partition coefficient (Wildman–Crippen LogP) is 3.60. The smallest absolute Gasteiger partial charge is 0.305 e. The molecule has 23 heavy (non-hydrogen) atoms. The van der Waals surface area contributed by atoms with Crippen molar-refractivity contribution < 1.29 is 23.7 Å². The molecule has 5 heteroatoms. The first-order valence-electron chi connectivity index (χ1n) is 9.05. The molecule has 0 unspecified atom stereocenters. The van der Waals surface area contributed by atoms with Crippen LogP contribution in [0.2, 0.25) is 0 Å². The second-order valence-electron chi connectivity index (χ2n) is 6.08. The van der Waals surface area contributed by atoms with Gasteiger partial charge in [0.2, 0.25) is 0 Å². The summed E-state index contributed by atoms with van der Waals surface area (Å²) in [6.07, 6.45) is 5.63. The highest BCUT2D eigenvalue weighted by molar-refractivity contribution is 5.69. The van der Waals surface area contributed by atoms with Crippen molar-refractivity contribution >= 4 is 5.97 Å². The minimum Gasteiger partial charge on any atom is -0.466 e. The molecule has 0 aliphatic heterocycles. The minimum atomic E-state index is -0.122. The van der Waals surface area contributed by atoms with Crippen LogP contribution in [-0.4, -0.2) is 52.2 Å². The molecule has 0 rings (SSSR count). The van der Waals surface area contributed by atoms with Gasteiger partial charge in [0, 0.05) is 19.6 Å². The quantitative estimate of drug-likeness (QED) is 0.301. The van der Waals surface area contributed by atoms with Crippen molar-refractivity contribution in [1.29, 1.82) is 0 Å². The summed E-state index contributed by atoms with van der Waals surface area (Å²) < 4.78 is 21.4. The van der Waals surface area contributed by atoms with Crippen LogP contribution in [0.3, 0.4) is 0 Å². The maximum Gasteiger partial charge on any atom is 0.305 e. The molecule has 0 radical (unpaired) electrons. The molecule has 0 heterocycles. The Labute approximate surface area is 142 Å². The van der Waals surface area contributed by atoms with Crippen LogP contribution in [0.4, 0.5) is 0 Å². The first-order valence-corrected chi connectivity index (χ1v) is 9.05. The third-order valence-electron chi connectivity index (χ3n) is 3.13. The Balaban J connectivity index is 3.13. The Kier molecular flexibility index (Phi) is 17.2. The van der Waals surface area contributed by atoms with E-state index in [0.717, 1.165) is 19.4 Å². The highest BCUT2D eigenvalue weighted by Crippen LogP contribution is 2.01. The second kappa shape index (κ2) is 17.7. The molecule has 0 aromatic rings. The molecule has 0 aliphatic carbocycles. The number of hydrogen-bond donors (Lipinski definition) is 0. The molecular weight excluding hydrogens is 296 g/mol. The van der Waals surface area contributed by atoms with Crippen molar-refractivity contribution in [3.8, 4) is 0 Å². The average molecular weight is 332 g/mol. The minimum absolute atomic E-state index is 0.122. The molecule has 0 aromatic carbocycles. The van der Waals surface area contributed by atoms with Crippen LogP contribution in [0.5, 0.6) is 0 Å². The fourth-order valence-corrected chi connectivity index (χ4v) is 1.86. The van der Waals surface area contributed by atoms with Crippen molar-refractivity contribution in [1.82, 2.24) is 0 Å². The van der Waals surface area contributed by atoms with Gasteiger partial charge in [-0.1, -0.05) is 40.0 Å². The number of carbonyl (C=O) groups is 1. The van der Waals surface area contributed by atoms with Crippen LogP contribution in [0.1, 0.15) is 59.3 Å². The number of esters is 1. The summed E-state index contributed by atoms with van der Waals surface area (Å²) in [5.74, 6) is 0.435. The zero-order chi connectivity index (χ0) is 17.2. The topological polar surface area (TPSA) is 54.0 Å². The van der Waals surface area contributed by atoms with E-state index >= 15 is 0 Å². The Morgan fingerprint density at radius 3 is 2.09 bits per heavy atom. The third kappa shape index (κ3) is 19.3. The molecule has 0 N–H and O–H groups in total. The van der Waals surface area contributed by atoms with E-state index in [1.54, 1.807) is 0 Å². The van der Waals surface area contributed by atoms with Crippen molar-refractivity contribution in [2.75, 3.05) is 46.2 Å². The van der Waals surface area contributed by atoms with E-state index in [0.29, 0.717) is 58.4 Å². The van der Waals surface area contributed by atoms with Crippen molar-refractivity contribution in [3.63, 3.8) is 0 Å². The monoisotopic (exact) mass is 332 g/mol. The normalized spacial score (nSPS) is 11.1. The molecule has 5 nitrogen and oxygen atoms in total. The van der Waals surface area contributed by atoms with Crippen molar-refractivity contribution in [2.24, 2.45) is 5.92 Å². The SMILES string of the molecule is CCCCCCOC(=O)CCCOCCOCCOCC(C)C. The first-order chi connectivity index (χ1) is 11.2. The van der Waals surface area contributed by atoms with Gasteiger partial charge in [-0.05, 0) is 18.8 Å². The van der Waals surface area contributed by atoms with E-state index in [-0.39, 0.29) is 5.97 Å². The van der Waals surface area contributed by atoms with Gasteiger partial charge < -0.3 is 18.9 Å². The summed E-state index contributed by atoms with van der Waals surface area (Å²) in [6, 6.07) is 0. The molecule has 0 spiro atoms. The summed E-state index contributed by atoms with van der Waals surface area (Å²) >= 11 is 0. The Morgan fingerprint density at radius 1 is 0.783 bits per heavy atom. The van der Waals surface area contributed by atoms with Gasteiger partial charge in [0.05, 0.1) is 33.0 Å². The molecule has 0 fully saturated rings. The van der Waals surface area contributed by atoms with Gasteiger partial charge in [-0.25, -0.2) is 0 Å². The van der Waals surface area contributed by atoms with Gasteiger partial charge in [0.25, 0.3) is 0 Å². The fraction of sp³-hybridized carbons (Fsp3) is 0.944. The molecule has 0 saturated heterocycles. The van der Waals surface area contributed by atoms with Gasteiger partial charge in [-0.2, -0.15) is 0 Å². The van der Waals surface area contributed by atoms with Crippen LogP contribution >= 0.6 is 0 Å². The molecule has 0 atom stereocenters. The molecule has 0 aliphatic rings. The number of hydrogen-bond acceptors (Lipinski definition) is 5. The maximum atomic E-state index is 11.4. The molecule has 0 bridgehead atoms. The summed E-state index contributed by atoms with van der Waals surface area (Å²) in [4.78, 5) is 11.4. The van der Waals surface area contributed by atoms with Gasteiger partial charge >= 0.3 is 5.97 Å². The van der Waals surface area contributed by atoms with Gasteiger partial charge in [0.15, 0.2) is 0 Å². The Morgan fingerprint density at radius 2 is 1.43 bits per heavy atom. The van der Waals surface area contributed by atoms with E-state index in [9.17, 15) is 4.79 Å². The van der Waals surface area contributed by atoms with Crippen molar-refractivity contribution in [3.05, 3.63) is 0 Å². The summed E-state index contributed by atoms with van der Waals surface area (Å²) in [5.41, 5.74) is 0. The van der Waals surface area contributed by atoms with Gasteiger partial charge in [-0.15, -0.1) is 0 Å². The van der Waals surface area contributed by atoms with E-state index < -0.39 is 0 Å². The molecule has 138 valence electrons. The molecule has 0 aromatic heterocycles. The maximum absolute atomic E-state index is 11.4. The summed E-state index contributed by atoms with van der Waals surface area (Å²) in [5, 5.41) is 0. The lowest BCUT2D eigenvalue weighted by atomic mass is 10.2. The highest BCUT2D eigenvalue weighted by atomic mass is 16.5. The number of carbonyl (C=O) groups excluding carboxylic acids is 1. The largest absolute Gasteiger partial charge is 0.466 e. The Hall–Kier alpha value is -0.650. The van der Waals surface area contributed by atoms with Crippen LogP contribution in [0.25, 0.3) is 0 Å². The first kappa shape index (κ1) is 22.4. The van der Waals surface area contributed by atoms with Crippen LogP contribution in [-0.2, 0) is 23.7 Å². The van der Waals surface area contributed by atoms with E-state index in [1.807, 2.05) is 0 Å². The standard InChI is InChI=1S/C18H36O5/c1-4-5-6-7-11-23-18(19)9-8-10-20-12-13-21-14-15-22-16-17(2)3/h17H,4-16H2,1-3H3. The van der Waals surface area contributed by atoms with Crippen LogP contribution in [0.15, 0.2) is 0 Å². The van der Waals surface area contributed by atoms with Crippen LogP contribution in [0, 0.1) is 5.92 Å². The van der Waals surface area contributed by atoms with Crippen LogP contribution < -0.4 is 0 Å². The molecule has 0 saturated carbocycles. The van der Waals surface area contributed by atoms with E-state index in [4.69, 9.17) is 18.9 Å². The fourth-order valence-electron chi connectivity index (χ4n) is 1.86. The highest BCUT2D eigenvalue weighted by Gasteiger charge is 2.02. The summed E-state index contributed by atoms with van der Waals surface area (Å²) in [6.45, 7) is 10.6. The number of ether oxygens (including phenoxy) is 4. The zero-order valence-electron chi connectivity index (χ0n) is 15.3. The predicted molar refractivity (Wildman–Crippen MR) is 91.6 cm³/mol. The lowest BCUT2D eigenvalue weighted by Crippen LogP contribution is -2.12. The number of unbranched alkanes of at least 4 members (excludes halogenated alkanes) is 3. The number of rotatable bonds is 17. The van der Waals surface area contributed by atoms with E-state index in [1.165, 1.54) is 12.8 Å². The molecule has 0 amide bonds.